The minimum absolute atomic E-state index is 0.171. The summed E-state index contributed by atoms with van der Waals surface area (Å²) >= 11 is 0. The Morgan fingerprint density at radius 2 is 1.95 bits per heavy atom. The van der Waals surface area contributed by atoms with E-state index in [1.807, 2.05) is 12.2 Å². The topological polar surface area (TPSA) is 60.4 Å². The van der Waals surface area contributed by atoms with E-state index in [4.69, 9.17) is 4.74 Å². The summed E-state index contributed by atoms with van der Waals surface area (Å²) in [5.74, 6) is -0.420. The van der Waals surface area contributed by atoms with Gasteiger partial charge in [0.25, 0.3) is 0 Å². The van der Waals surface area contributed by atoms with Crippen LogP contribution in [0.1, 0.15) is 29.6 Å². The molecule has 4 nitrogen and oxygen atoms in total. The second-order valence-corrected chi connectivity index (χ2v) is 6.62. The number of hydrogen-bond donors (Lipinski definition) is 0. The summed E-state index contributed by atoms with van der Waals surface area (Å²) in [6, 6.07) is 5.79. The van der Waals surface area contributed by atoms with E-state index in [-0.39, 0.29) is 11.0 Å². The molecule has 1 aromatic carbocycles. The number of benzene rings is 1. The number of hydrogen-bond acceptors (Lipinski definition) is 4. The predicted molar refractivity (Wildman–Crippen MR) is 71.7 cm³/mol. The Bertz CT molecular complexity index is 584. The Hall–Kier alpha value is -1.62. The third-order valence-electron chi connectivity index (χ3n) is 2.99. The molecular formula is C14H16O4S. The molecule has 1 aromatic rings. The first-order valence-corrected chi connectivity index (χ1v) is 8.04. The molecule has 1 atom stereocenters. The number of sulfone groups is 1. The van der Waals surface area contributed by atoms with Crippen LogP contribution in [-0.2, 0) is 14.6 Å². The number of allylic oxidation sites excluding steroid dienone is 1. The third kappa shape index (κ3) is 3.67. The maximum atomic E-state index is 11.9. The summed E-state index contributed by atoms with van der Waals surface area (Å²) in [6.45, 7) is 0. The largest absolute Gasteiger partial charge is 0.455 e. The molecule has 0 radical (unpaired) electrons. The summed E-state index contributed by atoms with van der Waals surface area (Å²) in [7, 11) is -3.24. The lowest BCUT2D eigenvalue weighted by Crippen LogP contribution is -2.17. The van der Waals surface area contributed by atoms with Gasteiger partial charge in [-0.05, 0) is 49.6 Å². The van der Waals surface area contributed by atoms with Gasteiger partial charge in [-0.3, -0.25) is 0 Å². The average Bonchev–Trinajstić information content (AvgIpc) is 2.39. The van der Waals surface area contributed by atoms with Gasteiger partial charge in [-0.1, -0.05) is 6.08 Å². The van der Waals surface area contributed by atoms with Crippen LogP contribution in [0.2, 0.25) is 0 Å². The van der Waals surface area contributed by atoms with E-state index in [9.17, 15) is 13.2 Å². The smallest absolute Gasteiger partial charge is 0.338 e. The van der Waals surface area contributed by atoms with Gasteiger partial charge in [-0.25, -0.2) is 13.2 Å². The molecule has 0 fully saturated rings. The third-order valence-corrected chi connectivity index (χ3v) is 4.12. The molecule has 0 N–H and O–H groups in total. The van der Waals surface area contributed by atoms with Crippen molar-refractivity contribution in [2.24, 2.45) is 0 Å². The van der Waals surface area contributed by atoms with Crippen molar-refractivity contribution >= 4 is 15.8 Å². The van der Waals surface area contributed by atoms with E-state index in [0.717, 1.165) is 25.5 Å². The lowest BCUT2D eigenvalue weighted by atomic mass is 10.1. The summed E-state index contributed by atoms with van der Waals surface area (Å²) in [5.41, 5.74) is 0.367. The minimum atomic E-state index is -3.24. The molecule has 0 saturated heterocycles. The van der Waals surface area contributed by atoms with Crippen LogP contribution >= 0.6 is 0 Å². The van der Waals surface area contributed by atoms with E-state index in [2.05, 4.69) is 0 Å². The highest BCUT2D eigenvalue weighted by molar-refractivity contribution is 7.90. The second-order valence-electron chi connectivity index (χ2n) is 4.60. The van der Waals surface area contributed by atoms with E-state index < -0.39 is 15.8 Å². The zero-order valence-corrected chi connectivity index (χ0v) is 11.5. The van der Waals surface area contributed by atoms with Gasteiger partial charge in [0, 0.05) is 6.26 Å². The molecule has 1 unspecified atom stereocenters. The first kappa shape index (κ1) is 13.8. The van der Waals surface area contributed by atoms with Gasteiger partial charge in [-0.2, -0.15) is 0 Å². The highest BCUT2D eigenvalue weighted by Gasteiger charge is 2.16. The van der Waals surface area contributed by atoms with Crippen molar-refractivity contribution in [3.63, 3.8) is 0 Å². The quantitative estimate of drug-likeness (QED) is 0.630. The lowest BCUT2D eigenvalue weighted by Gasteiger charge is -2.17. The summed E-state index contributed by atoms with van der Waals surface area (Å²) in [4.78, 5) is 12.1. The Balaban J connectivity index is 2.07. The van der Waals surface area contributed by atoms with Crippen LogP contribution in [0, 0.1) is 0 Å². The van der Waals surface area contributed by atoms with Gasteiger partial charge in [0.1, 0.15) is 6.10 Å². The molecule has 0 amide bonds. The average molecular weight is 280 g/mol. The van der Waals surface area contributed by atoms with Crippen molar-refractivity contribution in [1.82, 2.24) is 0 Å². The van der Waals surface area contributed by atoms with Crippen molar-refractivity contribution < 1.29 is 17.9 Å². The van der Waals surface area contributed by atoms with Crippen LogP contribution in [0.4, 0.5) is 0 Å². The number of ether oxygens (including phenoxy) is 1. The van der Waals surface area contributed by atoms with Gasteiger partial charge in [-0.15, -0.1) is 0 Å². The second kappa shape index (κ2) is 5.57. The number of rotatable bonds is 3. The molecule has 1 aliphatic carbocycles. The van der Waals surface area contributed by atoms with Gasteiger partial charge in [0.05, 0.1) is 10.5 Å². The maximum absolute atomic E-state index is 11.9. The zero-order chi connectivity index (χ0) is 13.9. The summed E-state index contributed by atoms with van der Waals surface area (Å²) < 4.78 is 27.9. The Morgan fingerprint density at radius 1 is 1.26 bits per heavy atom. The zero-order valence-electron chi connectivity index (χ0n) is 10.7. The highest BCUT2D eigenvalue weighted by Crippen LogP contribution is 2.16. The SMILES string of the molecule is CS(=O)(=O)c1ccc(C(=O)OC2C=CCCC2)cc1. The van der Waals surface area contributed by atoms with Crippen LogP contribution < -0.4 is 0 Å². The van der Waals surface area contributed by atoms with Gasteiger partial charge < -0.3 is 4.74 Å². The first-order chi connectivity index (χ1) is 8.97. The van der Waals surface area contributed by atoms with Crippen LogP contribution in [0.25, 0.3) is 0 Å². The van der Waals surface area contributed by atoms with E-state index in [1.54, 1.807) is 0 Å². The van der Waals surface area contributed by atoms with Gasteiger partial charge >= 0.3 is 5.97 Å². The molecule has 0 aliphatic heterocycles. The van der Waals surface area contributed by atoms with Crippen LogP contribution in [0.15, 0.2) is 41.3 Å². The maximum Gasteiger partial charge on any atom is 0.338 e. The minimum Gasteiger partial charge on any atom is -0.455 e. The van der Waals surface area contributed by atoms with Gasteiger partial charge in [0.15, 0.2) is 9.84 Å². The molecule has 2 rings (SSSR count). The number of carbonyl (C=O) groups excluding carboxylic acids is 1. The van der Waals surface area contributed by atoms with Crippen molar-refractivity contribution in [1.29, 1.82) is 0 Å². The van der Waals surface area contributed by atoms with E-state index in [1.165, 1.54) is 24.3 Å². The van der Waals surface area contributed by atoms with Crippen LogP contribution in [0.5, 0.6) is 0 Å². The fraction of sp³-hybridized carbons (Fsp3) is 0.357. The molecule has 102 valence electrons. The van der Waals surface area contributed by atoms with Gasteiger partial charge in [0.2, 0.25) is 0 Å². The molecule has 0 bridgehead atoms. The fourth-order valence-electron chi connectivity index (χ4n) is 1.92. The molecule has 1 aliphatic rings. The molecule has 19 heavy (non-hydrogen) atoms. The first-order valence-electron chi connectivity index (χ1n) is 6.14. The normalized spacial score (nSPS) is 19.1. The Kier molecular flexibility index (Phi) is 4.04. The van der Waals surface area contributed by atoms with Crippen molar-refractivity contribution in [2.75, 3.05) is 6.26 Å². The Labute approximate surface area is 113 Å². The highest BCUT2D eigenvalue weighted by atomic mass is 32.2. The van der Waals surface area contributed by atoms with Crippen molar-refractivity contribution in [3.05, 3.63) is 42.0 Å². The number of carbonyl (C=O) groups is 1. The van der Waals surface area contributed by atoms with Crippen molar-refractivity contribution in [3.8, 4) is 0 Å². The molecular weight excluding hydrogens is 264 g/mol. The van der Waals surface area contributed by atoms with Crippen LogP contribution in [-0.4, -0.2) is 26.7 Å². The Morgan fingerprint density at radius 3 is 2.47 bits per heavy atom. The molecule has 0 saturated carbocycles. The lowest BCUT2D eigenvalue weighted by molar-refractivity contribution is 0.0370. The van der Waals surface area contributed by atoms with Crippen molar-refractivity contribution in [2.45, 2.75) is 30.3 Å². The molecule has 0 aromatic heterocycles. The standard InChI is InChI=1S/C14H16O4S/c1-19(16,17)13-9-7-11(8-10-13)14(15)18-12-5-3-2-4-6-12/h3,5,7-10,12H,2,4,6H2,1H3. The summed E-state index contributed by atoms with van der Waals surface area (Å²) in [6.07, 6.45) is 7.74. The summed E-state index contributed by atoms with van der Waals surface area (Å²) in [5, 5.41) is 0. The van der Waals surface area contributed by atoms with E-state index >= 15 is 0 Å². The van der Waals surface area contributed by atoms with E-state index in [0.29, 0.717) is 5.56 Å². The molecule has 0 heterocycles. The predicted octanol–water partition coefficient (Wildman–Crippen LogP) is 2.36. The monoisotopic (exact) mass is 280 g/mol. The van der Waals surface area contributed by atoms with Crippen LogP contribution in [0.3, 0.4) is 0 Å². The number of esters is 1. The fourth-order valence-corrected chi connectivity index (χ4v) is 2.55. The molecule has 0 spiro atoms. The molecule has 5 heteroatoms.